The Balaban J connectivity index is 1.80. The first kappa shape index (κ1) is 15.7. The number of nitrogens with one attached hydrogen (secondary N) is 1. The fourth-order valence-electron chi connectivity index (χ4n) is 2.44. The molecule has 4 nitrogen and oxygen atoms in total. The second-order valence-electron chi connectivity index (χ2n) is 5.17. The molecule has 0 aliphatic carbocycles. The van der Waals surface area contributed by atoms with Crippen LogP contribution in [0, 0.1) is 0 Å². The van der Waals surface area contributed by atoms with Gasteiger partial charge in [0.05, 0.1) is 0 Å². The van der Waals surface area contributed by atoms with Gasteiger partial charge in [0.1, 0.15) is 5.75 Å². The smallest absolute Gasteiger partial charge is 0.387 e. The van der Waals surface area contributed by atoms with E-state index in [-0.39, 0.29) is 17.7 Å². The van der Waals surface area contributed by atoms with Gasteiger partial charge >= 0.3 is 6.61 Å². The highest BCUT2D eigenvalue weighted by atomic mass is 19.3. The molecule has 0 bridgehead atoms. The summed E-state index contributed by atoms with van der Waals surface area (Å²) < 4.78 is 28.4. The molecule has 2 rings (SSSR count). The molecule has 1 atom stereocenters. The summed E-state index contributed by atoms with van der Waals surface area (Å²) in [5.41, 5.74) is 0.933. The van der Waals surface area contributed by atoms with Crippen LogP contribution in [-0.2, 0) is 11.2 Å². The van der Waals surface area contributed by atoms with Gasteiger partial charge in [-0.25, -0.2) is 0 Å². The summed E-state index contributed by atoms with van der Waals surface area (Å²) in [6.07, 6.45) is 2.00. The summed E-state index contributed by atoms with van der Waals surface area (Å²) in [6, 6.07) is 6.69. The number of carbonyl (C=O) groups excluding carboxylic acids is 1. The number of hydrogen-bond donors (Lipinski definition) is 1. The zero-order valence-electron chi connectivity index (χ0n) is 12.0. The van der Waals surface area contributed by atoms with E-state index in [1.54, 1.807) is 17.0 Å². The van der Waals surface area contributed by atoms with Crippen LogP contribution < -0.4 is 10.1 Å². The van der Waals surface area contributed by atoms with Crippen LogP contribution in [-0.4, -0.2) is 43.6 Å². The Hall–Kier alpha value is -1.69. The van der Waals surface area contributed by atoms with Crippen LogP contribution in [0.2, 0.25) is 0 Å². The number of rotatable bonds is 6. The molecule has 1 aromatic rings. The number of benzene rings is 1. The number of alkyl halides is 2. The highest BCUT2D eigenvalue weighted by Gasteiger charge is 2.22. The molecule has 0 aromatic heterocycles. The lowest BCUT2D eigenvalue weighted by Crippen LogP contribution is -2.38. The van der Waals surface area contributed by atoms with E-state index in [2.05, 4.69) is 10.1 Å². The highest BCUT2D eigenvalue weighted by Crippen LogP contribution is 2.16. The van der Waals surface area contributed by atoms with Crippen molar-refractivity contribution in [3.63, 3.8) is 0 Å². The molecule has 1 heterocycles. The van der Waals surface area contributed by atoms with Gasteiger partial charge in [0.15, 0.2) is 0 Å². The largest absolute Gasteiger partial charge is 0.435 e. The van der Waals surface area contributed by atoms with Crippen molar-refractivity contribution in [3.05, 3.63) is 29.8 Å². The number of hydrogen-bond acceptors (Lipinski definition) is 3. The van der Waals surface area contributed by atoms with Gasteiger partial charge in [-0.05, 0) is 37.1 Å². The van der Waals surface area contributed by atoms with Gasteiger partial charge in [0, 0.05) is 26.1 Å². The topological polar surface area (TPSA) is 41.6 Å². The Morgan fingerprint density at radius 1 is 1.43 bits per heavy atom. The first-order chi connectivity index (χ1) is 10.1. The van der Waals surface area contributed by atoms with Crippen molar-refractivity contribution < 1.29 is 18.3 Å². The number of nitrogens with zero attached hydrogens (tertiary/aromatic N) is 1. The van der Waals surface area contributed by atoms with Gasteiger partial charge in [-0.1, -0.05) is 12.1 Å². The van der Waals surface area contributed by atoms with E-state index < -0.39 is 6.61 Å². The number of aryl methyl sites for hydroxylation is 1. The molecule has 1 N–H and O–H groups in total. The van der Waals surface area contributed by atoms with Crippen LogP contribution in [0.15, 0.2) is 24.3 Å². The van der Waals surface area contributed by atoms with E-state index >= 15 is 0 Å². The van der Waals surface area contributed by atoms with Crippen molar-refractivity contribution in [1.82, 2.24) is 10.2 Å². The zero-order chi connectivity index (χ0) is 15.2. The Kier molecular flexibility index (Phi) is 5.50. The van der Waals surface area contributed by atoms with Gasteiger partial charge in [-0.15, -0.1) is 0 Å². The van der Waals surface area contributed by atoms with Gasteiger partial charge < -0.3 is 15.0 Å². The average molecular weight is 298 g/mol. The molecule has 1 aromatic carbocycles. The monoisotopic (exact) mass is 298 g/mol. The molecule has 0 saturated carbocycles. The van der Waals surface area contributed by atoms with Crippen molar-refractivity contribution in [2.45, 2.75) is 31.9 Å². The van der Waals surface area contributed by atoms with Crippen LogP contribution in [0.1, 0.15) is 18.4 Å². The minimum atomic E-state index is -2.81. The van der Waals surface area contributed by atoms with Crippen molar-refractivity contribution in [2.24, 2.45) is 0 Å². The van der Waals surface area contributed by atoms with Crippen LogP contribution >= 0.6 is 0 Å². The second kappa shape index (κ2) is 7.36. The molecule has 0 spiro atoms. The lowest BCUT2D eigenvalue weighted by atomic mass is 10.1. The van der Waals surface area contributed by atoms with Gasteiger partial charge in [-0.2, -0.15) is 8.78 Å². The Labute approximate surface area is 123 Å². The SMILES string of the molecule is CN(C(=O)CCc1ccc(OC(F)F)cc1)C1CCNC1. The van der Waals surface area contributed by atoms with E-state index in [1.165, 1.54) is 12.1 Å². The fourth-order valence-corrected chi connectivity index (χ4v) is 2.44. The van der Waals surface area contributed by atoms with Crippen LogP contribution in [0.3, 0.4) is 0 Å². The minimum absolute atomic E-state index is 0.108. The summed E-state index contributed by atoms with van der Waals surface area (Å²) in [7, 11) is 1.83. The summed E-state index contributed by atoms with van der Waals surface area (Å²) in [5, 5.41) is 3.23. The van der Waals surface area contributed by atoms with Crippen molar-refractivity contribution >= 4 is 5.91 Å². The van der Waals surface area contributed by atoms with Crippen LogP contribution in [0.4, 0.5) is 8.78 Å². The van der Waals surface area contributed by atoms with Crippen molar-refractivity contribution in [3.8, 4) is 5.75 Å². The van der Waals surface area contributed by atoms with E-state index in [0.29, 0.717) is 12.8 Å². The molecule has 21 heavy (non-hydrogen) atoms. The Bertz CT molecular complexity index is 459. The molecular formula is C15H20F2N2O2. The predicted octanol–water partition coefficient (Wildman–Crippen LogP) is 2.04. The lowest BCUT2D eigenvalue weighted by Gasteiger charge is -2.23. The fraction of sp³-hybridized carbons (Fsp3) is 0.533. The molecule has 0 radical (unpaired) electrons. The quantitative estimate of drug-likeness (QED) is 0.874. The molecule has 1 aliphatic rings. The summed E-state index contributed by atoms with van der Waals surface area (Å²) >= 11 is 0. The molecule has 1 saturated heterocycles. The van der Waals surface area contributed by atoms with Crippen LogP contribution in [0.25, 0.3) is 0 Å². The summed E-state index contributed by atoms with van der Waals surface area (Å²) in [6.45, 7) is -1.01. The maximum Gasteiger partial charge on any atom is 0.387 e. The normalized spacial score (nSPS) is 18.0. The predicted molar refractivity (Wildman–Crippen MR) is 75.4 cm³/mol. The zero-order valence-corrected chi connectivity index (χ0v) is 12.0. The third kappa shape index (κ3) is 4.67. The average Bonchev–Trinajstić information content (AvgIpc) is 2.99. The maximum atomic E-state index is 12.1. The molecule has 1 fully saturated rings. The molecule has 116 valence electrons. The highest BCUT2D eigenvalue weighted by molar-refractivity contribution is 5.76. The summed E-state index contributed by atoms with van der Waals surface area (Å²) in [5.74, 6) is 0.242. The first-order valence-electron chi connectivity index (χ1n) is 7.06. The molecule has 1 aliphatic heterocycles. The summed E-state index contributed by atoms with van der Waals surface area (Å²) in [4.78, 5) is 13.9. The van der Waals surface area contributed by atoms with E-state index in [0.717, 1.165) is 25.1 Å². The third-order valence-electron chi connectivity index (χ3n) is 3.75. The number of carbonyl (C=O) groups is 1. The van der Waals surface area contributed by atoms with Crippen LogP contribution in [0.5, 0.6) is 5.75 Å². The number of likely N-dealkylation sites (N-methyl/N-ethyl adjacent to an activating group) is 1. The first-order valence-corrected chi connectivity index (χ1v) is 7.06. The number of ether oxygens (including phenoxy) is 1. The minimum Gasteiger partial charge on any atom is -0.435 e. The van der Waals surface area contributed by atoms with Gasteiger partial charge in [0.2, 0.25) is 5.91 Å². The molecule has 6 heteroatoms. The van der Waals surface area contributed by atoms with Gasteiger partial charge in [-0.3, -0.25) is 4.79 Å². The van der Waals surface area contributed by atoms with Gasteiger partial charge in [0.25, 0.3) is 0 Å². The number of halogens is 2. The van der Waals surface area contributed by atoms with E-state index in [9.17, 15) is 13.6 Å². The van der Waals surface area contributed by atoms with E-state index in [1.807, 2.05) is 7.05 Å². The second-order valence-corrected chi connectivity index (χ2v) is 5.17. The molecule has 1 amide bonds. The Morgan fingerprint density at radius 2 is 2.14 bits per heavy atom. The molecular weight excluding hydrogens is 278 g/mol. The maximum absolute atomic E-state index is 12.1. The van der Waals surface area contributed by atoms with E-state index in [4.69, 9.17) is 0 Å². The number of amides is 1. The van der Waals surface area contributed by atoms with Crippen molar-refractivity contribution in [1.29, 1.82) is 0 Å². The lowest BCUT2D eigenvalue weighted by molar-refractivity contribution is -0.131. The Morgan fingerprint density at radius 3 is 2.71 bits per heavy atom. The molecule has 1 unspecified atom stereocenters. The van der Waals surface area contributed by atoms with Crippen molar-refractivity contribution in [2.75, 3.05) is 20.1 Å². The third-order valence-corrected chi connectivity index (χ3v) is 3.75. The standard InChI is InChI=1S/C15H20F2N2O2/c1-19(12-8-9-18-10-12)14(20)7-4-11-2-5-13(6-3-11)21-15(16)17/h2-3,5-6,12,15,18H,4,7-10H2,1H3.